The van der Waals surface area contributed by atoms with Crippen LogP contribution in [0.3, 0.4) is 0 Å². The predicted molar refractivity (Wildman–Crippen MR) is 76.2 cm³/mol. The Morgan fingerprint density at radius 1 is 1.50 bits per heavy atom. The minimum Gasteiger partial charge on any atom is -0.398 e. The molecule has 2 aromatic rings. The maximum atomic E-state index is 5.90. The average Bonchev–Trinajstić information content (AvgIpc) is 3.16. The molecule has 5 nitrogen and oxygen atoms in total. The summed E-state index contributed by atoms with van der Waals surface area (Å²) in [6.45, 7) is 2.61. The number of hydrogen-bond donors (Lipinski definition) is 1. The molecule has 0 bridgehead atoms. The summed E-state index contributed by atoms with van der Waals surface area (Å²) in [7, 11) is 0. The molecule has 20 heavy (non-hydrogen) atoms. The van der Waals surface area contributed by atoms with Crippen LogP contribution in [-0.4, -0.2) is 16.7 Å². The van der Waals surface area contributed by atoms with Crippen molar-refractivity contribution in [1.82, 2.24) is 10.1 Å². The standard InChI is InChI=1S/C14H16ClN3O2/c1-2-19-12(8-3-4-8)13-17-14(20-18-13)9-5-6-10(15)11(16)7-9/h5-8,12H,2-4,16H2,1H3. The van der Waals surface area contributed by atoms with Gasteiger partial charge in [-0.1, -0.05) is 16.8 Å². The van der Waals surface area contributed by atoms with Gasteiger partial charge >= 0.3 is 0 Å². The van der Waals surface area contributed by atoms with E-state index in [1.165, 1.54) is 0 Å². The zero-order chi connectivity index (χ0) is 14.1. The van der Waals surface area contributed by atoms with Gasteiger partial charge in [-0.15, -0.1) is 0 Å². The van der Waals surface area contributed by atoms with Crippen LogP contribution < -0.4 is 5.73 Å². The molecule has 1 aliphatic carbocycles. The van der Waals surface area contributed by atoms with Crippen LogP contribution in [0.5, 0.6) is 0 Å². The highest BCUT2D eigenvalue weighted by Gasteiger charge is 2.36. The normalized spacial score (nSPS) is 16.3. The second-order valence-corrected chi connectivity index (χ2v) is 5.31. The van der Waals surface area contributed by atoms with Crippen molar-refractivity contribution >= 4 is 17.3 Å². The number of nitrogens with zero attached hydrogens (tertiary/aromatic N) is 2. The minimum atomic E-state index is -0.0675. The van der Waals surface area contributed by atoms with Gasteiger partial charge in [-0.3, -0.25) is 0 Å². The lowest BCUT2D eigenvalue weighted by molar-refractivity contribution is 0.0385. The zero-order valence-corrected chi connectivity index (χ0v) is 11.9. The second-order valence-electron chi connectivity index (χ2n) is 4.91. The van der Waals surface area contributed by atoms with Gasteiger partial charge in [-0.05, 0) is 43.9 Å². The third-order valence-electron chi connectivity index (χ3n) is 3.34. The van der Waals surface area contributed by atoms with Gasteiger partial charge in [0.2, 0.25) is 5.82 Å². The highest BCUT2D eigenvalue weighted by atomic mass is 35.5. The Morgan fingerprint density at radius 3 is 2.95 bits per heavy atom. The summed E-state index contributed by atoms with van der Waals surface area (Å²) in [5.74, 6) is 1.56. The smallest absolute Gasteiger partial charge is 0.258 e. The van der Waals surface area contributed by atoms with E-state index in [1.54, 1.807) is 12.1 Å². The number of hydrogen-bond acceptors (Lipinski definition) is 5. The van der Waals surface area contributed by atoms with Crippen LogP contribution in [0.4, 0.5) is 5.69 Å². The van der Waals surface area contributed by atoms with Gasteiger partial charge in [0, 0.05) is 12.2 Å². The molecular weight excluding hydrogens is 278 g/mol. The fourth-order valence-corrected chi connectivity index (χ4v) is 2.26. The molecule has 1 atom stereocenters. The maximum absolute atomic E-state index is 5.90. The van der Waals surface area contributed by atoms with Crippen LogP contribution in [0.2, 0.25) is 5.02 Å². The van der Waals surface area contributed by atoms with E-state index in [1.807, 2.05) is 13.0 Å². The topological polar surface area (TPSA) is 74.2 Å². The van der Waals surface area contributed by atoms with E-state index in [9.17, 15) is 0 Å². The summed E-state index contributed by atoms with van der Waals surface area (Å²) >= 11 is 5.90. The molecule has 1 aromatic heterocycles. The molecule has 1 aromatic carbocycles. The van der Waals surface area contributed by atoms with Crippen molar-refractivity contribution in [2.75, 3.05) is 12.3 Å². The summed E-state index contributed by atoms with van der Waals surface area (Å²) in [4.78, 5) is 4.43. The molecule has 0 spiro atoms. The third kappa shape index (κ3) is 2.64. The third-order valence-corrected chi connectivity index (χ3v) is 3.68. The van der Waals surface area contributed by atoms with Crippen molar-refractivity contribution in [3.8, 4) is 11.5 Å². The lowest BCUT2D eigenvalue weighted by atomic mass is 10.2. The Morgan fingerprint density at radius 2 is 2.30 bits per heavy atom. The van der Waals surface area contributed by atoms with Gasteiger partial charge in [0.25, 0.3) is 5.89 Å². The molecule has 1 heterocycles. The molecular formula is C14H16ClN3O2. The van der Waals surface area contributed by atoms with Gasteiger partial charge < -0.3 is 15.0 Å². The molecule has 106 valence electrons. The van der Waals surface area contributed by atoms with Crippen LogP contribution in [0.25, 0.3) is 11.5 Å². The molecule has 2 N–H and O–H groups in total. The number of nitrogens with two attached hydrogens (primary N) is 1. The molecule has 6 heteroatoms. The highest BCUT2D eigenvalue weighted by Crippen LogP contribution is 2.42. The van der Waals surface area contributed by atoms with Gasteiger partial charge in [0.05, 0.1) is 10.7 Å². The second kappa shape index (κ2) is 5.42. The van der Waals surface area contributed by atoms with Crippen molar-refractivity contribution in [3.05, 3.63) is 29.0 Å². The summed E-state index contributed by atoms with van der Waals surface area (Å²) in [6.07, 6.45) is 2.24. The summed E-state index contributed by atoms with van der Waals surface area (Å²) in [5.41, 5.74) is 7.04. The van der Waals surface area contributed by atoms with Crippen LogP contribution in [0.1, 0.15) is 31.7 Å². The number of halogens is 1. The van der Waals surface area contributed by atoms with Crippen molar-refractivity contribution in [2.45, 2.75) is 25.9 Å². The first-order valence-corrected chi connectivity index (χ1v) is 7.07. The summed E-state index contributed by atoms with van der Waals surface area (Å²) in [5, 5.41) is 4.55. The number of nitrogen functional groups attached to an aromatic ring is 1. The molecule has 0 saturated heterocycles. The maximum Gasteiger partial charge on any atom is 0.258 e. The number of anilines is 1. The van der Waals surface area contributed by atoms with E-state index in [4.69, 9.17) is 26.6 Å². The Bertz CT molecular complexity index is 610. The Labute approximate surface area is 122 Å². The fourth-order valence-electron chi connectivity index (χ4n) is 2.14. The van der Waals surface area contributed by atoms with Crippen molar-refractivity contribution in [3.63, 3.8) is 0 Å². The number of aromatic nitrogens is 2. The van der Waals surface area contributed by atoms with Crippen molar-refractivity contribution in [1.29, 1.82) is 0 Å². The Balaban J connectivity index is 1.86. The minimum absolute atomic E-state index is 0.0675. The highest BCUT2D eigenvalue weighted by molar-refractivity contribution is 6.33. The van der Waals surface area contributed by atoms with Gasteiger partial charge in [-0.25, -0.2) is 0 Å². The van der Waals surface area contributed by atoms with E-state index < -0.39 is 0 Å². The lowest BCUT2D eigenvalue weighted by Crippen LogP contribution is -2.08. The van der Waals surface area contributed by atoms with Crippen LogP contribution >= 0.6 is 11.6 Å². The first kappa shape index (κ1) is 13.4. The molecule has 0 aliphatic heterocycles. The Hall–Kier alpha value is -1.59. The monoisotopic (exact) mass is 293 g/mol. The summed E-state index contributed by atoms with van der Waals surface area (Å²) < 4.78 is 11.0. The van der Waals surface area contributed by atoms with Crippen LogP contribution in [0.15, 0.2) is 22.7 Å². The van der Waals surface area contributed by atoms with Crippen LogP contribution in [-0.2, 0) is 4.74 Å². The number of ether oxygens (including phenoxy) is 1. The van der Waals surface area contributed by atoms with Gasteiger partial charge in [0.1, 0.15) is 6.10 Å². The number of rotatable bonds is 5. The molecule has 1 aliphatic rings. The Kier molecular flexibility index (Phi) is 3.63. The first-order valence-electron chi connectivity index (χ1n) is 6.69. The van der Waals surface area contributed by atoms with E-state index >= 15 is 0 Å². The molecule has 1 saturated carbocycles. The molecule has 1 unspecified atom stereocenters. The average molecular weight is 294 g/mol. The molecule has 0 amide bonds. The summed E-state index contributed by atoms with van der Waals surface area (Å²) in [6, 6.07) is 5.26. The van der Waals surface area contributed by atoms with Crippen molar-refractivity contribution in [2.24, 2.45) is 5.92 Å². The van der Waals surface area contributed by atoms with E-state index in [0.29, 0.717) is 34.9 Å². The first-order chi connectivity index (χ1) is 9.69. The van der Waals surface area contributed by atoms with Gasteiger partial charge in [-0.2, -0.15) is 4.98 Å². The largest absolute Gasteiger partial charge is 0.398 e. The van der Waals surface area contributed by atoms with E-state index in [-0.39, 0.29) is 6.10 Å². The molecule has 0 radical (unpaired) electrons. The molecule has 1 fully saturated rings. The van der Waals surface area contributed by atoms with E-state index in [2.05, 4.69) is 10.1 Å². The quantitative estimate of drug-likeness (QED) is 0.855. The number of benzene rings is 1. The van der Waals surface area contributed by atoms with Crippen molar-refractivity contribution < 1.29 is 9.26 Å². The fraction of sp³-hybridized carbons (Fsp3) is 0.429. The lowest BCUT2D eigenvalue weighted by Gasteiger charge is -2.10. The van der Waals surface area contributed by atoms with Gasteiger partial charge in [0.15, 0.2) is 0 Å². The molecule has 3 rings (SSSR count). The zero-order valence-electron chi connectivity index (χ0n) is 11.2. The van der Waals surface area contributed by atoms with E-state index in [0.717, 1.165) is 18.4 Å². The van der Waals surface area contributed by atoms with Crippen LogP contribution in [0, 0.1) is 5.92 Å². The SMILES string of the molecule is CCOC(c1noc(-c2ccc(Cl)c(N)c2)n1)C1CC1. The predicted octanol–water partition coefficient (Wildman–Crippen LogP) is 3.46.